The molecule has 1 aromatic heterocycles. The van der Waals surface area contributed by atoms with Crippen molar-refractivity contribution in [2.75, 3.05) is 67.8 Å². The molecule has 2 fully saturated rings. The zero-order chi connectivity index (χ0) is 20.1. The largest absolute Gasteiger partial charge is 0.378 e. The first-order valence-electron chi connectivity index (χ1n) is 9.67. The zero-order valence-corrected chi connectivity index (χ0v) is 17.1. The van der Waals surface area contributed by atoms with Crippen molar-refractivity contribution < 1.29 is 9.47 Å². The number of ether oxygens (including phenoxy) is 2. The van der Waals surface area contributed by atoms with Gasteiger partial charge in [0.25, 0.3) is 0 Å². The first kappa shape index (κ1) is 19.8. The Kier molecular flexibility index (Phi) is 6.38. The molecule has 2 aliphatic rings. The van der Waals surface area contributed by atoms with Crippen LogP contribution >= 0.6 is 11.6 Å². The van der Waals surface area contributed by atoms with Crippen molar-refractivity contribution in [3.8, 4) is 0 Å². The van der Waals surface area contributed by atoms with Crippen LogP contribution in [0.1, 0.15) is 12.5 Å². The van der Waals surface area contributed by atoms with E-state index >= 15 is 0 Å². The molecule has 9 nitrogen and oxygen atoms in total. The number of aromatic nitrogens is 3. The summed E-state index contributed by atoms with van der Waals surface area (Å²) in [4.78, 5) is 18.1. The highest BCUT2D eigenvalue weighted by atomic mass is 35.5. The van der Waals surface area contributed by atoms with Crippen LogP contribution in [0.4, 0.5) is 17.8 Å². The molecule has 0 atom stereocenters. The molecule has 2 aliphatic heterocycles. The average Bonchev–Trinajstić information content (AvgIpc) is 2.79. The third kappa shape index (κ3) is 5.11. The smallest absolute Gasteiger partial charge is 0.250 e. The van der Waals surface area contributed by atoms with E-state index in [9.17, 15) is 0 Å². The lowest BCUT2D eigenvalue weighted by Gasteiger charge is -2.30. The molecule has 1 aromatic carbocycles. The van der Waals surface area contributed by atoms with Gasteiger partial charge in [0.2, 0.25) is 17.8 Å². The highest BCUT2D eigenvalue weighted by Crippen LogP contribution is 2.19. The number of rotatable bonds is 5. The fraction of sp³-hybridized carbons (Fsp3) is 0.474. The van der Waals surface area contributed by atoms with Gasteiger partial charge in [-0.2, -0.15) is 20.1 Å². The minimum atomic E-state index is 0.413. The Morgan fingerprint density at radius 3 is 1.93 bits per heavy atom. The highest BCUT2D eigenvalue weighted by molar-refractivity contribution is 6.30. The Morgan fingerprint density at radius 2 is 1.41 bits per heavy atom. The van der Waals surface area contributed by atoms with Gasteiger partial charge in [-0.1, -0.05) is 23.7 Å². The predicted octanol–water partition coefficient (Wildman–Crippen LogP) is 2.03. The fourth-order valence-electron chi connectivity index (χ4n) is 3.10. The number of benzene rings is 1. The van der Waals surface area contributed by atoms with Crippen LogP contribution in [-0.4, -0.2) is 73.3 Å². The van der Waals surface area contributed by atoms with E-state index in [4.69, 9.17) is 26.1 Å². The van der Waals surface area contributed by atoms with Crippen LogP contribution in [0.2, 0.25) is 5.02 Å². The maximum atomic E-state index is 5.96. The number of nitrogens with zero attached hydrogens (tertiary/aromatic N) is 6. The molecule has 0 saturated carbocycles. The minimum absolute atomic E-state index is 0.413. The first-order chi connectivity index (χ1) is 14.2. The second-order valence-electron chi connectivity index (χ2n) is 6.77. The van der Waals surface area contributed by atoms with Gasteiger partial charge in [0.05, 0.1) is 32.1 Å². The molecule has 2 saturated heterocycles. The van der Waals surface area contributed by atoms with Gasteiger partial charge in [0, 0.05) is 31.2 Å². The van der Waals surface area contributed by atoms with Crippen LogP contribution < -0.4 is 15.2 Å². The lowest BCUT2D eigenvalue weighted by atomic mass is 10.1. The SMILES string of the molecule is C/C(=N/Nc1nc(N2CCOCC2)nc(N2CCOCC2)n1)c1ccc(Cl)cc1. The summed E-state index contributed by atoms with van der Waals surface area (Å²) in [6.07, 6.45) is 0. The Hall–Kier alpha value is -2.49. The van der Waals surface area contributed by atoms with Gasteiger partial charge >= 0.3 is 0 Å². The standard InChI is InChI=1S/C19H24ClN7O2/c1-14(15-2-4-16(20)5-3-15)24-25-17-21-18(26-6-10-28-11-7-26)23-19(22-17)27-8-12-29-13-9-27/h2-5H,6-13H2,1H3,(H,21,22,23,25)/b24-14-. The van der Waals surface area contributed by atoms with E-state index in [1.165, 1.54) is 0 Å². The quantitative estimate of drug-likeness (QED) is 0.584. The summed E-state index contributed by atoms with van der Waals surface area (Å²) in [6.45, 7) is 7.56. The number of anilines is 3. The molecule has 2 aromatic rings. The summed E-state index contributed by atoms with van der Waals surface area (Å²) in [5, 5.41) is 5.14. The molecule has 154 valence electrons. The van der Waals surface area contributed by atoms with Crippen LogP contribution in [0.3, 0.4) is 0 Å². The number of hydrazone groups is 1. The minimum Gasteiger partial charge on any atom is -0.378 e. The summed E-state index contributed by atoms with van der Waals surface area (Å²) in [7, 11) is 0. The topological polar surface area (TPSA) is 88.0 Å². The second-order valence-corrected chi connectivity index (χ2v) is 7.21. The van der Waals surface area contributed by atoms with Crippen molar-refractivity contribution >= 4 is 35.2 Å². The molecule has 10 heteroatoms. The number of nitrogens with one attached hydrogen (secondary N) is 1. The van der Waals surface area contributed by atoms with Gasteiger partial charge in [0.15, 0.2) is 0 Å². The van der Waals surface area contributed by atoms with E-state index in [0.717, 1.165) is 37.5 Å². The van der Waals surface area contributed by atoms with E-state index in [1.807, 2.05) is 31.2 Å². The second kappa shape index (κ2) is 9.34. The number of hydrogen-bond donors (Lipinski definition) is 1. The molecular formula is C19H24ClN7O2. The molecule has 29 heavy (non-hydrogen) atoms. The summed E-state index contributed by atoms with van der Waals surface area (Å²) < 4.78 is 10.9. The van der Waals surface area contributed by atoms with Crippen LogP contribution in [0.25, 0.3) is 0 Å². The van der Waals surface area contributed by atoms with Crippen LogP contribution in [-0.2, 0) is 9.47 Å². The van der Waals surface area contributed by atoms with E-state index in [-0.39, 0.29) is 0 Å². The number of hydrogen-bond acceptors (Lipinski definition) is 9. The summed E-state index contributed by atoms with van der Waals surface area (Å²) in [6, 6.07) is 7.53. The Labute approximate surface area is 174 Å². The van der Waals surface area contributed by atoms with E-state index in [0.29, 0.717) is 49.3 Å². The van der Waals surface area contributed by atoms with Crippen molar-refractivity contribution in [1.82, 2.24) is 15.0 Å². The van der Waals surface area contributed by atoms with Gasteiger partial charge in [-0.3, -0.25) is 0 Å². The van der Waals surface area contributed by atoms with Crippen molar-refractivity contribution in [1.29, 1.82) is 0 Å². The van der Waals surface area contributed by atoms with E-state index in [2.05, 4.69) is 30.3 Å². The highest BCUT2D eigenvalue weighted by Gasteiger charge is 2.20. The monoisotopic (exact) mass is 417 g/mol. The lowest BCUT2D eigenvalue weighted by Crippen LogP contribution is -2.40. The number of halogens is 1. The molecule has 3 heterocycles. The van der Waals surface area contributed by atoms with Crippen LogP contribution in [0.5, 0.6) is 0 Å². The zero-order valence-electron chi connectivity index (χ0n) is 16.3. The van der Waals surface area contributed by atoms with E-state index in [1.54, 1.807) is 0 Å². The predicted molar refractivity (Wildman–Crippen MR) is 113 cm³/mol. The van der Waals surface area contributed by atoms with Crippen molar-refractivity contribution in [3.63, 3.8) is 0 Å². The maximum Gasteiger partial charge on any atom is 0.250 e. The first-order valence-corrected chi connectivity index (χ1v) is 10.0. The van der Waals surface area contributed by atoms with E-state index < -0.39 is 0 Å². The Bertz CT molecular complexity index is 814. The third-order valence-electron chi connectivity index (χ3n) is 4.79. The molecule has 0 aliphatic carbocycles. The molecule has 0 bridgehead atoms. The molecule has 0 unspecified atom stereocenters. The van der Waals surface area contributed by atoms with Crippen LogP contribution in [0, 0.1) is 0 Å². The molecular weight excluding hydrogens is 394 g/mol. The summed E-state index contributed by atoms with van der Waals surface area (Å²) in [5.41, 5.74) is 4.77. The van der Waals surface area contributed by atoms with Crippen molar-refractivity contribution in [3.05, 3.63) is 34.9 Å². The molecule has 0 radical (unpaired) electrons. The Balaban J connectivity index is 1.58. The summed E-state index contributed by atoms with van der Waals surface area (Å²) in [5.74, 6) is 1.68. The lowest BCUT2D eigenvalue weighted by molar-refractivity contribution is 0.121. The van der Waals surface area contributed by atoms with Gasteiger partial charge in [-0.15, -0.1) is 0 Å². The van der Waals surface area contributed by atoms with Gasteiger partial charge in [-0.05, 0) is 24.6 Å². The molecule has 4 rings (SSSR count). The van der Waals surface area contributed by atoms with Gasteiger partial charge in [-0.25, -0.2) is 5.43 Å². The molecule has 1 N–H and O–H groups in total. The van der Waals surface area contributed by atoms with Crippen molar-refractivity contribution in [2.45, 2.75) is 6.92 Å². The summed E-state index contributed by atoms with van der Waals surface area (Å²) >= 11 is 5.96. The van der Waals surface area contributed by atoms with Gasteiger partial charge in [0.1, 0.15) is 0 Å². The Morgan fingerprint density at radius 1 is 0.897 bits per heavy atom. The average molecular weight is 418 g/mol. The third-order valence-corrected chi connectivity index (χ3v) is 5.04. The van der Waals surface area contributed by atoms with Crippen LogP contribution in [0.15, 0.2) is 29.4 Å². The normalized spacial score (nSPS) is 18.1. The van der Waals surface area contributed by atoms with Gasteiger partial charge < -0.3 is 19.3 Å². The number of morpholine rings is 2. The van der Waals surface area contributed by atoms with Crippen molar-refractivity contribution in [2.24, 2.45) is 5.10 Å². The molecule has 0 amide bonds. The molecule has 0 spiro atoms. The fourth-order valence-corrected chi connectivity index (χ4v) is 3.23. The maximum absolute atomic E-state index is 5.96.